The Morgan fingerprint density at radius 3 is 2.36 bits per heavy atom. The summed E-state index contributed by atoms with van der Waals surface area (Å²) in [5.74, 6) is -0.935. The average molecular weight is 534 g/mol. The van der Waals surface area contributed by atoms with Crippen molar-refractivity contribution in [1.82, 2.24) is 14.8 Å². The molecule has 1 aliphatic heterocycles. The molecule has 0 atom stereocenters. The number of para-hydroxylation sites is 1. The SMILES string of the molecule is CS(=O)(=O)N1CCC(CS(=O)(=O)c2ccc(OCc3ccnc4ccccc34)cc2)(C(=O)NO)CC1. The zero-order valence-corrected chi connectivity index (χ0v) is 21.3. The predicted molar refractivity (Wildman–Crippen MR) is 133 cm³/mol. The van der Waals surface area contributed by atoms with Crippen LogP contribution in [0.3, 0.4) is 0 Å². The third kappa shape index (κ3) is 5.51. The van der Waals surface area contributed by atoms with E-state index >= 15 is 0 Å². The van der Waals surface area contributed by atoms with Gasteiger partial charge in [0.1, 0.15) is 12.4 Å². The van der Waals surface area contributed by atoms with Crippen molar-refractivity contribution >= 4 is 36.7 Å². The Kier molecular flexibility index (Phi) is 7.32. The van der Waals surface area contributed by atoms with Crippen LogP contribution in [-0.4, -0.2) is 62.3 Å². The number of benzene rings is 2. The second-order valence-corrected chi connectivity index (χ2v) is 12.9. The first-order chi connectivity index (χ1) is 17.0. The van der Waals surface area contributed by atoms with E-state index in [2.05, 4.69) is 4.98 Å². The minimum absolute atomic E-state index is 0.000122. The largest absolute Gasteiger partial charge is 0.489 e. The van der Waals surface area contributed by atoms with Gasteiger partial charge in [-0.25, -0.2) is 26.6 Å². The molecule has 12 heteroatoms. The topological polar surface area (TPSA) is 143 Å². The van der Waals surface area contributed by atoms with Crippen LogP contribution in [-0.2, 0) is 31.3 Å². The minimum atomic E-state index is -3.94. The summed E-state index contributed by atoms with van der Waals surface area (Å²) in [7, 11) is -7.42. The third-order valence-corrected chi connectivity index (χ3v) is 9.74. The molecular formula is C24H27N3O7S2. The van der Waals surface area contributed by atoms with Gasteiger partial charge in [0, 0.05) is 30.2 Å². The van der Waals surface area contributed by atoms with Gasteiger partial charge in [0.15, 0.2) is 9.84 Å². The van der Waals surface area contributed by atoms with E-state index in [0.717, 1.165) is 22.7 Å². The molecule has 0 aliphatic carbocycles. The van der Waals surface area contributed by atoms with Crippen molar-refractivity contribution in [1.29, 1.82) is 0 Å². The third-order valence-electron chi connectivity index (χ3n) is 6.51. The fraction of sp³-hybridized carbons (Fsp3) is 0.333. The average Bonchev–Trinajstić information content (AvgIpc) is 2.86. The Bertz CT molecular complexity index is 1460. The molecule has 0 unspecified atom stereocenters. The lowest BCUT2D eigenvalue weighted by Crippen LogP contribution is -2.52. The molecule has 4 rings (SSSR count). The van der Waals surface area contributed by atoms with Crippen LogP contribution in [0.4, 0.5) is 0 Å². The highest BCUT2D eigenvalue weighted by molar-refractivity contribution is 7.91. The number of sulfonamides is 1. The zero-order chi connectivity index (χ0) is 26.0. The van der Waals surface area contributed by atoms with Crippen molar-refractivity contribution in [2.75, 3.05) is 25.1 Å². The number of nitrogens with zero attached hydrogens (tertiary/aromatic N) is 2. The van der Waals surface area contributed by atoms with Crippen molar-refractivity contribution in [2.24, 2.45) is 5.41 Å². The molecule has 0 bridgehead atoms. The predicted octanol–water partition coefficient (Wildman–Crippen LogP) is 2.13. The molecule has 1 aromatic heterocycles. The van der Waals surface area contributed by atoms with Crippen LogP contribution in [0, 0.1) is 5.41 Å². The fourth-order valence-electron chi connectivity index (χ4n) is 4.43. The molecule has 1 saturated heterocycles. The summed E-state index contributed by atoms with van der Waals surface area (Å²) >= 11 is 0. The molecule has 0 radical (unpaired) electrons. The number of rotatable bonds is 8. The maximum atomic E-state index is 13.2. The van der Waals surface area contributed by atoms with Crippen molar-refractivity contribution < 1.29 is 31.6 Å². The summed E-state index contributed by atoms with van der Waals surface area (Å²) in [4.78, 5) is 16.8. The van der Waals surface area contributed by atoms with Crippen molar-refractivity contribution in [3.8, 4) is 5.75 Å². The Morgan fingerprint density at radius 2 is 1.72 bits per heavy atom. The molecule has 10 nitrogen and oxygen atoms in total. The lowest BCUT2D eigenvalue weighted by molar-refractivity contribution is -0.140. The van der Waals surface area contributed by atoms with Gasteiger partial charge in [-0.15, -0.1) is 0 Å². The molecule has 2 N–H and O–H groups in total. The number of nitrogens with one attached hydrogen (secondary N) is 1. The number of fused-ring (bicyclic) bond motifs is 1. The van der Waals surface area contributed by atoms with E-state index in [1.807, 2.05) is 30.3 Å². The molecule has 2 heterocycles. The first-order valence-electron chi connectivity index (χ1n) is 11.2. The molecule has 1 fully saturated rings. The number of amides is 1. The van der Waals surface area contributed by atoms with E-state index in [0.29, 0.717) is 5.75 Å². The Labute approximate surface area is 209 Å². The van der Waals surface area contributed by atoms with E-state index < -0.39 is 36.9 Å². The smallest absolute Gasteiger partial charge is 0.250 e. The number of sulfone groups is 1. The molecule has 0 saturated carbocycles. The summed E-state index contributed by atoms with van der Waals surface area (Å²) in [6.07, 6.45) is 2.69. The summed E-state index contributed by atoms with van der Waals surface area (Å²) in [6.45, 7) is 0.238. The normalized spacial score (nSPS) is 16.5. The second-order valence-electron chi connectivity index (χ2n) is 8.89. The molecule has 0 spiro atoms. The second kappa shape index (κ2) is 10.1. The van der Waals surface area contributed by atoms with Gasteiger partial charge in [-0.1, -0.05) is 18.2 Å². The maximum Gasteiger partial charge on any atom is 0.250 e. The number of hydrogen-bond acceptors (Lipinski definition) is 8. The van der Waals surface area contributed by atoms with Gasteiger partial charge in [0.2, 0.25) is 10.0 Å². The van der Waals surface area contributed by atoms with Gasteiger partial charge in [-0.3, -0.25) is 15.0 Å². The number of carbonyl (C=O) groups excluding carboxylic acids is 1. The van der Waals surface area contributed by atoms with Gasteiger partial charge in [-0.2, -0.15) is 0 Å². The number of carbonyl (C=O) groups is 1. The zero-order valence-electron chi connectivity index (χ0n) is 19.6. The summed E-state index contributed by atoms with van der Waals surface area (Å²) < 4.78 is 57.1. The maximum absolute atomic E-state index is 13.2. The van der Waals surface area contributed by atoms with Crippen LogP contribution in [0.1, 0.15) is 18.4 Å². The first-order valence-corrected chi connectivity index (χ1v) is 14.7. The van der Waals surface area contributed by atoms with E-state index in [4.69, 9.17) is 4.74 Å². The van der Waals surface area contributed by atoms with Gasteiger partial charge >= 0.3 is 0 Å². The van der Waals surface area contributed by atoms with Gasteiger partial charge in [0.25, 0.3) is 5.91 Å². The monoisotopic (exact) mass is 533 g/mol. The van der Waals surface area contributed by atoms with Crippen molar-refractivity contribution in [3.63, 3.8) is 0 Å². The number of hydroxylamine groups is 1. The van der Waals surface area contributed by atoms with Crippen LogP contribution in [0.5, 0.6) is 5.75 Å². The fourth-order valence-corrected chi connectivity index (χ4v) is 7.14. The Balaban J connectivity index is 1.48. The number of ether oxygens (including phenoxy) is 1. The van der Waals surface area contributed by atoms with Gasteiger partial charge < -0.3 is 4.74 Å². The number of aromatic nitrogens is 1. The molecule has 2 aromatic carbocycles. The highest BCUT2D eigenvalue weighted by atomic mass is 32.2. The Hall–Kier alpha value is -3.06. The summed E-state index contributed by atoms with van der Waals surface area (Å²) in [5, 5.41) is 10.2. The highest BCUT2D eigenvalue weighted by Crippen LogP contribution is 2.36. The standard InChI is InChI=1S/C24H27N3O7S2/c1-35(30,31)27-14-11-24(12-15-27,23(28)26-29)17-36(32,33)20-8-6-19(7-9-20)34-16-18-10-13-25-22-5-3-2-4-21(18)22/h2-10,13,29H,11-12,14-17H2,1H3,(H,26,28). The summed E-state index contributed by atoms with van der Waals surface area (Å²) in [5.41, 5.74) is 1.90. The molecule has 36 heavy (non-hydrogen) atoms. The Morgan fingerprint density at radius 1 is 1.06 bits per heavy atom. The number of hydrogen-bond donors (Lipinski definition) is 2. The van der Waals surface area contributed by atoms with Crippen LogP contribution >= 0.6 is 0 Å². The molecular weight excluding hydrogens is 506 g/mol. The molecule has 192 valence electrons. The minimum Gasteiger partial charge on any atom is -0.489 e. The van der Waals surface area contributed by atoms with Gasteiger partial charge in [0.05, 0.1) is 27.8 Å². The molecule has 1 amide bonds. The summed E-state index contributed by atoms with van der Waals surface area (Å²) in [6, 6.07) is 15.5. The quantitative estimate of drug-likeness (QED) is 0.331. The number of piperidine rings is 1. The molecule has 3 aromatic rings. The van der Waals surface area contributed by atoms with Gasteiger partial charge in [-0.05, 0) is 49.2 Å². The van der Waals surface area contributed by atoms with E-state index in [1.54, 1.807) is 23.8 Å². The lowest BCUT2D eigenvalue weighted by Gasteiger charge is -2.38. The van der Waals surface area contributed by atoms with Crippen molar-refractivity contribution in [2.45, 2.75) is 24.3 Å². The van der Waals surface area contributed by atoms with E-state index in [1.165, 1.54) is 16.4 Å². The number of pyridine rings is 1. The van der Waals surface area contributed by atoms with Crippen LogP contribution < -0.4 is 10.2 Å². The van der Waals surface area contributed by atoms with Crippen LogP contribution in [0.15, 0.2) is 65.7 Å². The molecule has 1 aliphatic rings. The van der Waals surface area contributed by atoms with Crippen molar-refractivity contribution in [3.05, 3.63) is 66.4 Å². The first kappa shape index (κ1) is 26.0. The van der Waals surface area contributed by atoms with E-state index in [-0.39, 0.29) is 37.4 Å². The van der Waals surface area contributed by atoms with Crippen LogP contribution in [0.2, 0.25) is 0 Å². The van der Waals surface area contributed by atoms with E-state index in [9.17, 15) is 26.8 Å². The highest BCUT2D eigenvalue weighted by Gasteiger charge is 2.46. The van der Waals surface area contributed by atoms with Crippen LogP contribution in [0.25, 0.3) is 10.9 Å². The lowest BCUT2D eigenvalue weighted by atomic mass is 9.80.